The van der Waals surface area contributed by atoms with Crippen LogP contribution in [0.15, 0.2) is 47.6 Å². The number of methoxy groups -OCH3 is 1. The quantitative estimate of drug-likeness (QED) is 0.440. The number of carbonyl (C=O) groups excluding carboxylic acids is 1. The first-order chi connectivity index (χ1) is 12.1. The second kappa shape index (κ2) is 9.54. The van der Waals surface area contributed by atoms with E-state index < -0.39 is 5.97 Å². The van der Waals surface area contributed by atoms with Crippen LogP contribution in [0.3, 0.4) is 0 Å². The monoisotopic (exact) mass is 362 g/mol. The van der Waals surface area contributed by atoms with Crippen molar-refractivity contribution in [2.24, 2.45) is 5.10 Å². The van der Waals surface area contributed by atoms with Crippen LogP contribution in [0.4, 0.5) is 5.69 Å². The molecule has 0 saturated heterocycles. The van der Waals surface area contributed by atoms with Crippen molar-refractivity contribution in [3.8, 4) is 11.5 Å². The molecule has 7 heteroatoms. The predicted octanol–water partition coefficient (Wildman–Crippen LogP) is 3.74. The zero-order valence-electron chi connectivity index (χ0n) is 14.0. The number of ether oxygens (including phenoxy) is 3. The fourth-order valence-corrected chi connectivity index (χ4v) is 2.05. The third kappa shape index (κ3) is 6.00. The van der Waals surface area contributed by atoms with Crippen molar-refractivity contribution < 1.29 is 19.0 Å². The summed E-state index contributed by atoms with van der Waals surface area (Å²) in [6.07, 6.45) is 1.65. The minimum absolute atomic E-state index is 0.171. The van der Waals surface area contributed by atoms with Gasteiger partial charge in [-0.2, -0.15) is 5.10 Å². The summed E-state index contributed by atoms with van der Waals surface area (Å²) < 4.78 is 15.5. The number of rotatable bonds is 8. The second-order valence-electron chi connectivity index (χ2n) is 4.88. The molecule has 0 aliphatic heterocycles. The molecule has 2 aromatic carbocycles. The van der Waals surface area contributed by atoms with Crippen LogP contribution >= 0.6 is 11.6 Å². The molecular weight excluding hydrogens is 344 g/mol. The van der Waals surface area contributed by atoms with Crippen LogP contribution < -0.4 is 14.9 Å². The number of hydrazone groups is 1. The lowest BCUT2D eigenvalue weighted by Crippen LogP contribution is -2.14. The Morgan fingerprint density at radius 3 is 2.64 bits per heavy atom. The normalized spacial score (nSPS) is 10.5. The van der Waals surface area contributed by atoms with Crippen molar-refractivity contribution in [1.29, 1.82) is 0 Å². The third-order valence-electron chi connectivity index (χ3n) is 3.09. The highest BCUT2D eigenvalue weighted by molar-refractivity contribution is 6.30. The number of nitrogens with one attached hydrogen (secondary N) is 1. The Morgan fingerprint density at radius 1 is 1.20 bits per heavy atom. The van der Waals surface area contributed by atoms with E-state index >= 15 is 0 Å². The molecule has 132 valence electrons. The number of anilines is 1. The molecule has 0 aromatic heterocycles. The lowest BCUT2D eigenvalue weighted by molar-refractivity contribution is -0.145. The Kier molecular flexibility index (Phi) is 7.10. The number of esters is 1. The van der Waals surface area contributed by atoms with Gasteiger partial charge in [0, 0.05) is 5.02 Å². The van der Waals surface area contributed by atoms with Gasteiger partial charge in [0.1, 0.15) is 0 Å². The molecule has 0 amide bonds. The molecular formula is C18H19ClN2O4. The number of benzene rings is 2. The van der Waals surface area contributed by atoms with Crippen LogP contribution in [-0.4, -0.2) is 32.5 Å². The van der Waals surface area contributed by atoms with Gasteiger partial charge in [0.05, 0.1) is 25.6 Å². The summed E-state index contributed by atoms with van der Waals surface area (Å²) in [5, 5.41) is 4.82. The molecule has 0 aliphatic carbocycles. The van der Waals surface area contributed by atoms with E-state index in [1.165, 1.54) is 7.11 Å². The van der Waals surface area contributed by atoms with Gasteiger partial charge in [-0.1, -0.05) is 11.6 Å². The number of halogens is 1. The van der Waals surface area contributed by atoms with E-state index in [2.05, 4.69) is 10.5 Å². The maximum atomic E-state index is 11.4. The maximum Gasteiger partial charge on any atom is 0.344 e. The van der Waals surface area contributed by atoms with Crippen molar-refractivity contribution in [3.63, 3.8) is 0 Å². The predicted molar refractivity (Wildman–Crippen MR) is 97.8 cm³/mol. The highest BCUT2D eigenvalue weighted by Gasteiger charge is 2.08. The summed E-state index contributed by atoms with van der Waals surface area (Å²) in [5.41, 5.74) is 4.53. The van der Waals surface area contributed by atoms with E-state index in [9.17, 15) is 4.79 Å². The SMILES string of the molecule is CCOC(=O)COc1ccc(/C=N/Nc2ccc(Cl)cc2)cc1OC. The first-order valence-electron chi connectivity index (χ1n) is 7.63. The van der Waals surface area contributed by atoms with E-state index in [0.29, 0.717) is 23.1 Å². The van der Waals surface area contributed by atoms with Crippen molar-refractivity contribution in [1.82, 2.24) is 0 Å². The molecule has 0 heterocycles. The lowest BCUT2D eigenvalue weighted by Gasteiger charge is -2.10. The highest BCUT2D eigenvalue weighted by atomic mass is 35.5. The van der Waals surface area contributed by atoms with Crippen LogP contribution in [0.1, 0.15) is 12.5 Å². The molecule has 0 saturated carbocycles. The Bertz CT molecular complexity index is 732. The third-order valence-corrected chi connectivity index (χ3v) is 3.34. The minimum atomic E-state index is -0.428. The maximum absolute atomic E-state index is 11.4. The fourth-order valence-electron chi connectivity index (χ4n) is 1.93. The number of hydrogen-bond acceptors (Lipinski definition) is 6. The first-order valence-corrected chi connectivity index (χ1v) is 8.01. The second-order valence-corrected chi connectivity index (χ2v) is 5.32. The summed E-state index contributed by atoms with van der Waals surface area (Å²) in [6, 6.07) is 12.5. The van der Waals surface area contributed by atoms with E-state index in [1.54, 1.807) is 43.5 Å². The van der Waals surface area contributed by atoms with Gasteiger partial charge in [-0.3, -0.25) is 5.43 Å². The van der Waals surface area contributed by atoms with E-state index in [0.717, 1.165) is 11.3 Å². The molecule has 2 rings (SSSR count). The van der Waals surface area contributed by atoms with Gasteiger partial charge >= 0.3 is 5.97 Å². The topological polar surface area (TPSA) is 69.2 Å². The van der Waals surface area contributed by atoms with Crippen LogP contribution in [0.5, 0.6) is 11.5 Å². The first kappa shape index (κ1) is 18.6. The average molecular weight is 363 g/mol. The van der Waals surface area contributed by atoms with Gasteiger partial charge in [0.15, 0.2) is 18.1 Å². The molecule has 6 nitrogen and oxygen atoms in total. The van der Waals surface area contributed by atoms with Gasteiger partial charge in [-0.15, -0.1) is 0 Å². The van der Waals surface area contributed by atoms with E-state index in [-0.39, 0.29) is 6.61 Å². The molecule has 0 atom stereocenters. The van der Waals surface area contributed by atoms with Crippen molar-refractivity contribution in [2.75, 3.05) is 25.7 Å². The molecule has 25 heavy (non-hydrogen) atoms. The van der Waals surface area contributed by atoms with Crippen LogP contribution in [0, 0.1) is 0 Å². The summed E-state index contributed by atoms with van der Waals surface area (Å²) in [6.45, 7) is 1.88. The smallest absolute Gasteiger partial charge is 0.344 e. The van der Waals surface area contributed by atoms with Gasteiger partial charge in [-0.05, 0) is 55.0 Å². The van der Waals surface area contributed by atoms with Gasteiger partial charge in [0.25, 0.3) is 0 Å². The van der Waals surface area contributed by atoms with Crippen molar-refractivity contribution in [2.45, 2.75) is 6.92 Å². The standard InChI is InChI=1S/C18H19ClN2O4/c1-3-24-18(22)12-25-16-9-4-13(10-17(16)23-2)11-20-21-15-7-5-14(19)6-8-15/h4-11,21H,3,12H2,1-2H3/b20-11+. The van der Waals surface area contributed by atoms with Gasteiger partial charge in [0.2, 0.25) is 0 Å². The summed E-state index contributed by atoms with van der Waals surface area (Å²) >= 11 is 5.83. The largest absolute Gasteiger partial charge is 0.493 e. The van der Waals surface area contributed by atoms with Crippen LogP contribution in [0.2, 0.25) is 5.02 Å². The number of hydrogen-bond donors (Lipinski definition) is 1. The number of carbonyl (C=O) groups is 1. The van der Waals surface area contributed by atoms with Gasteiger partial charge < -0.3 is 14.2 Å². The zero-order chi connectivity index (χ0) is 18.1. The summed E-state index contributed by atoms with van der Waals surface area (Å²) in [5.74, 6) is 0.528. The molecule has 0 radical (unpaired) electrons. The highest BCUT2D eigenvalue weighted by Crippen LogP contribution is 2.27. The molecule has 0 fully saturated rings. The van der Waals surface area contributed by atoms with Crippen LogP contribution in [0.25, 0.3) is 0 Å². The average Bonchev–Trinajstić information content (AvgIpc) is 2.62. The van der Waals surface area contributed by atoms with E-state index in [1.807, 2.05) is 12.1 Å². The molecule has 1 N–H and O–H groups in total. The Balaban J connectivity index is 1.98. The summed E-state index contributed by atoms with van der Waals surface area (Å²) in [4.78, 5) is 11.4. The molecule has 0 spiro atoms. The van der Waals surface area contributed by atoms with Crippen LogP contribution in [-0.2, 0) is 9.53 Å². The lowest BCUT2D eigenvalue weighted by atomic mass is 10.2. The molecule has 2 aromatic rings. The van der Waals surface area contributed by atoms with Crippen molar-refractivity contribution >= 4 is 29.5 Å². The Hall–Kier alpha value is -2.73. The number of nitrogens with zero attached hydrogens (tertiary/aromatic N) is 1. The Morgan fingerprint density at radius 2 is 1.96 bits per heavy atom. The molecule has 0 aliphatic rings. The van der Waals surface area contributed by atoms with Gasteiger partial charge in [-0.25, -0.2) is 4.79 Å². The fraction of sp³-hybridized carbons (Fsp3) is 0.222. The summed E-state index contributed by atoms with van der Waals surface area (Å²) in [7, 11) is 1.53. The van der Waals surface area contributed by atoms with Crippen molar-refractivity contribution in [3.05, 3.63) is 53.1 Å². The molecule has 0 bridgehead atoms. The molecule has 0 unspecified atom stereocenters. The zero-order valence-corrected chi connectivity index (χ0v) is 14.7. The van der Waals surface area contributed by atoms with E-state index in [4.69, 9.17) is 25.8 Å². The Labute approximate surface area is 151 Å². The minimum Gasteiger partial charge on any atom is -0.493 e.